The summed E-state index contributed by atoms with van der Waals surface area (Å²) in [5.41, 5.74) is 3.84. The normalized spacial score (nSPS) is 25.6. The smallest absolute Gasteiger partial charge is 0.235 e. The van der Waals surface area contributed by atoms with Crippen LogP contribution in [0.15, 0.2) is 18.2 Å². The van der Waals surface area contributed by atoms with Gasteiger partial charge in [0.1, 0.15) is 0 Å². The lowest BCUT2D eigenvalue weighted by atomic mass is 9.56. The number of aryl methyl sites for hydroxylation is 1. The number of hydrogen-bond donors (Lipinski definition) is 2. The fourth-order valence-corrected chi connectivity index (χ4v) is 5.35. The van der Waals surface area contributed by atoms with E-state index in [4.69, 9.17) is 0 Å². The van der Waals surface area contributed by atoms with E-state index >= 15 is 0 Å². The summed E-state index contributed by atoms with van der Waals surface area (Å²) in [4.78, 5) is 23.7. The van der Waals surface area contributed by atoms with Crippen molar-refractivity contribution in [2.45, 2.75) is 50.4 Å². The van der Waals surface area contributed by atoms with Crippen molar-refractivity contribution in [2.75, 3.05) is 13.1 Å². The molecule has 1 aliphatic carbocycles. The Morgan fingerprint density at radius 3 is 2.70 bits per heavy atom. The van der Waals surface area contributed by atoms with Crippen molar-refractivity contribution < 1.29 is 9.59 Å². The van der Waals surface area contributed by atoms with Crippen LogP contribution in [0.3, 0.4) is 0 Å². The highest BCUT2D eigenvalue weighted by Gasteiger charge is 2.45. The molecule has 1 spiro atoms. The molecule has 2 aliphatic heterocycles. The Bertz CT molecular complexity index is 918. The van der Waals surface area contributed by atoms with Gasteiger partial charge < -0.3 is 5.32 Å². The van der Waals surface area contributed by atoms with Crippen molar-refractivity contribution in [1.82, 2.24) is 20.4 Å². The average Bonchev–Trinajstić information content (AvgIpc) is 2.96. The summed E-state index contributed by atoms with van der Waals surface area (Å²) in [5, 5.41) is 11.6. The van der Waals surface area contributed by atoms with Crippen LogP contribution in [0.4, 0.5) is 0 Å². The zero-order valence-corrected chi connectivity index (χ0v) is 15.8. The summed E-state index contributed by atoms with van der Waals surface area (Å²) in [7, 11) is 1.94. The molecule has 3 fully saturated rings. The Morgan fingerprint density at radius 1 is 1.19 bits per heavy atom. The molecule has 1 aromatic heterocycles. The van der Waals surface area contributed by atoms with E-state index in [2.05, 4.69) is 33.9 Å². The molecule has 2 aromatic rings. The first-order valence-electron chi connectivity index (χ1n) is 10.1. The number of imide groups is 1. The zero-order chi connectivity index (χ0) is 18.6. The lowest BCUT2D eigenvalue weighted by Gasteiger charge is -2.50. The van der Waals surface area contributed by atoms with E-state index < -0.39 is 0 Å². The predicted octanol–water partition coefficient (Wildman–Crippen LogP) is 2.34. The van der Waals surface area contributed by atoms with Gasteiger partial charge in [0, 0.05) is 18.9 Å². The number of amides is 2. The van der Waals surface area contributed by atoms with Crippen LogP contribution in [0, 0.1) is 5.41 Å². The van der Waals surface area contributed by atoms with Crippen molar-refractivity contribution in [3.63, 3.8) is 0 Å². The van der Waals surface area contributed by atoms with Crippen LogP contribution >= 0.6 is 0 Å². The third-order valence-electron chi connectivity index (χ3n) is 6.97. The molecule has 2 N–H and O–H groups in total. The lowest BCUT2D eigenvalue weighted by molar-refractivity contribution is -0.134. The number of nitrogens with one attached hydrogen (secondary N) is 2. The number of nitrogens with zero attached hydrogens (tertiary/aromatic N) is 2. The van der Waals surface area contributed by atoms with Gasteiger partial charge in [-0.05, 0) is 68.2 Å². The first kappa shape index (κ1) is 16.9. The number of fused-ring (bicyclic) bond motifs is 1. The molecule has 1 saturated carbocycles. The van der Waals surface area contributed by atoms with Gasteiger partial charge in [0.25, 0.3) is 0 Å². The van der Waals surface area contributed by atoms with Gasteiger partial charge in [-0.2, -0.15) is 5.10 Å². The van der Waals surface area contributed by atoms with Gasteiger partial charge in [-0.3, -0.25) is 19.6 Å². The maximum absolute atomic E-state index is 12.3. The van der Waals surface area contributed by atoms with Crippen LogP contribution < -0.4 is 10.6 Å². The van der Waals surface area contributed by atoms with Gasteiger partial charge in [0.2, 0.25) is 11.8 Å². The first-order valence-corrected chi connectivity index (χ1v) is 10.1. The highest BCUT2D eigenvalue weighted by molar-refractivity contribution is 6.02. The number of benzene rings is 1. The fourth-order valence-electron chi connectivity index (χ4n) is 5.35. The molecule has 0 radical (unpaired) electrons. The van der Waals surface area contributed by atoms with Crippen LogP contribution in [-0.2, 0) is 16.6 Å². The molecular formula is C21H26N4O2. The molecule has 2 amide bonds. The van der Waals surface area contributed by atoms with Crippen LogP contribution in [-0.4, -0.2) is 34.7 Å². The standard InChI is InChI=1S/C21H26N4O2/c1-25-17-10-13(14-11-21(12-14)6-8-22-9-7-21)2-3-15(17)19(24-25)16-4-5-18(26)23-20(16)27/h2-3,10,14,16,22H,4-9,11-12H2,1H3,(H,23,26,27). The largest absolute Gasteiger partial charge is 0.317 e. The van der Waals surface area contributed by atoms with Gasteiger partial charge in [-0.15, -0.1) is 0 Å². The SMILES string of the molecule is Cn1nc(C2CCC(=O)NC2=O)c2ccc(C3CC4(CCNCC4)C3)cc21. The van der Waals surface area contributed by atoms with E-state index in [1.54, 1.807) is 0 Å². The average molecular weight is 366 g/mol. The Labute approximate surface area is 158 Å². The maximum atomic E-state index is 12.3. The van der Waals surface area contributed by atoms with Crippen LogP contribution in [0.2, 0.25) is 0 Å². The summed E-state index contributed by atoms with van der Waals surface area (Å²) in [6.07, 6.45) is 6.10. The number of rotatable bonds is 2. The third-order valence-corrected chi connectivity index (χ3v) is 6.97. The minimum atomic E-state index is -0.334. The number of carbonyl (C=O) groups is 2. The van der Waals surface area contributed by atoms with Gasteiger partial charge >= 0.3 is 0 Å². The predicted molar refractivity (Wildman–Crippen MR) is 102 cm³/mol. The van der Waals surface area contributed by atoms with Gasteiger partial charge in [0.05, 0.1) is 17.1 Å². The van der Waals surface area contributed by atoms with Crippen molar-refractivity contribution in [2.24, 2.45) is 12.5 Å². The third kappa shape index (κ3) is 2.78. The highest BCUT2D eigenvalue weighted by atomic mass is 16.2. The monoisotopic (exact) mass is 366 g/mol. The van der Waals surface area contributed by atoms with Crippen LogP contribution in [0.5, 0.6) is 0 Å². The van der Waals surface area contributed by atoms with Crippen molar-refractivity contribution in [1.29, 1.82) is 0 Å². The summed E-state index contributed by atoms with van der Waals surface area (Å²) in [5.74, 6) is -0.0989. The minimum Gasteiger partial charge on any atom is -0.317 e. The Balaban J connectivity index is 1.41. The molecule has 1 atom stereocenters. The van der Waals surface area contributed by atoms with E-state index in [1.165, 1.54) is 31.2 Å². The van der Waals surface area contributed by atoms with Gasteiger partial charge in [0.15, 0.2) is 0 Å². The van der Waals surface area contributed by atoms with Crippen molar-refractivity contribution in [3.8, 4) is 0 Å². The first-order chi connectivity index (χ1) is 13.0. The molecular weight excluding hydrogens is 340 g/mol. The summed E-state index contributed by atoms with van der Waals surface area (Å²) in [6.45, 7) is 2.31. The van der Waals surface area contributed by atoms with Gasteiger partial charge in [-0.25, -0.2) is 0 Å². The van der Waals surface area contributed by atoms with Crippen molar-refractivity contribution >= 4 is 22.7 Å². The maximum Gasteiger partial charge on any atom is 0.235 e. The second-order valence-electron chi connectivity index (χ2n) is 8.64. The molecule has 6 heteroatoms. The van der Waals surface area contributed by atoms with E-state index in [0.717, 1.165) is 29.7 Å². The number of hydrogen-bond acceptors (Lipinski definition) is 4. The second kappa shape index (κ2) is 6.16. The van der Waals surface area contributed by atoms with Crippen LogP contribution in [0.25, 0.3) is 10.9 Å². The Morgan fingerprint density at radius 2 is 1.96 bits per heavy atom. The number of aromatic nitrogens is 2. The zero-order valence-electron chi connectivity index (χ0n) is 15.8. The molecule has 5 rings (SSSR count). The Hall–Kier alpha value is -2.21. The van der Waals surface area contributed by atoms with E-state index in [1.807, 2.05) is 11.7 Å². The quantitative estimate of drug-likeness (QED) is 0.800. The van der Waals surface area contributed by atoms with Gasteiger partial charge in [-0.1, -0.05) is 12.1 Å². The van der Waals surface area contributed by atoms with E-state index in [0.29, 0.717) is 24.2 Å². The summed E-state index contributed by atoms with van der Waals surface area (Å²) in [6, 6.07) is 6.61. The Kier molecular flexibility index (Phi) is 3.86. The molecule has 1 aromatic carbocycles. The summed E-state index contributed by atoms with van der Waals surface area (Å²) < 4.78 is 1.89. The van der Waals surface area contributed by atoms with E-state index in [9.17, 15) is 9.59 Å². The fraction of sp³-hybridized carbons (Fsp3) is 0.571. The molecule has 142 valence electrons. The molecule has 0 bridgehead atoms. The number of piperidine rings is 2. The second-order valence-corrected chi connectivity index (χ2v) is 8.64. The topological polar surface area (TPSA) is 76.0 Å². The molecule has 3 aliphatic rings. The molecule has 2 saturated heterocycles. The van der Waals surface area contributed by atoms with Crippen molar-refractivity contribution in [3.05, 3.63) is 29.5 Å². The van der Waals surface area contributed by atoms with Crippen LogP contribution in [0.1, 0.15) is 61.6 Å². The summed E-state index contributed by atoms with van der Waals surface area (Å²) >= 11 is 0. The van der Waals surface area contributed by atoms with E-state index in [-0.39, 0.29) is 17.7 Å². The minimum absolute atomic E-state index is 0.185. The molecule has 1 unspecified atom stereocenters. The molecule has 3 heterocycles. The lowest BCUT2D eigenvalue weighted by Crippen LogP contribution is -2.44. The molecule has 6 nitrogen and oxygen atoms in total. The number of carbonyl (C=O) groups excluding carboxylic acids is 2. The molecule has 27 heavy (non-hydrogen) atoms. The highest BCUT2D eigenvalue weighted by Crippen LogP contribution is 2.56.